The Labute approximate surface area is 196 Å². The smallest absolute Gasteiger partial charge is 0.399 e. The molecule has 0 unspecified atom stereocenters. The Morgan fingerprint density at radius 2 is 1.48 bits per heavy atom. The molecule has 2 aromatic carbocycles. The van der Waals surface area contributed by atoms with Gasteiger partial charge in [-0.2, -0.15) is 0 Å². The number of benzene rings is 2. The fourth-order valence-electron chi connectivity index (χ4n) is 3.83. The summed E-state index contributed by atoms with van der Waals surface area (Å²) >= 11 is 0. The highest BCUT2D eigenvalue weighted by atomic mass is 32.2. The average Bonchev–Trinajstić information content (AvgIpc) is 2.97. The molecule has 0 saturated carbocycles. The van der Waals surface area contributed by atoms with E-state index in [1.54, 1.807) is 12.1 Å². The summed E-state index contributed by atoms with van der Waals surface area (Å²) in [6, 6.07) is 14.9. The molecule has 2 aliphatic heterocycles. The molecule has 2 heterocycles. The summed E-state index contributed by atoms with van der Waals surface area (Å²) in [5.74, 6) is 0.232. The lowest BCUT2D eigenvalue weighted by molar-refractivity contribution is 0.00578. The van der Waals surface area contributed by atoms with E-state index in [0.29, 0.717) is 30.9 Å². The first kappa shape index (κ1) is 23.9. The van der Waals surface area contributed by atoms with Gasteiger partial charge in [0.25, 0.3) is 5.91 Å². The minimum absolute atomic E-state index is 0.186. The largest absolute Gasteiger partial charge is 0.494 e. The van der Waals surface area contributed by atoms with Gasteiger partial charge in [0.1, 0.15) is 0 Å². The number of nitrogens with zero attached hydrogens (tertiary/aromatic N) is 1. The molecule has 0 aromatic heterocycles. The molecule has 2 saturated heterocycles. The Morgan fingerprint density at radius 3 is 2.03 bits per heavy atom. The van der Waals surface area contributed by atoms with Crippen LogP contribution in [0.2, 0.25) is 0 Å². The van der Waals surface area contributed by atoms with E-state index in [1.165, 1.54) is 0 Å². The van der Waals surface area contributed by atoms with Gasteiger partial charge in [0.15, 0.2) is 9.84 Å². The number of carbonyl (C=O) groups excluding carboxylic acids is 1. The summed E-state index contributed by atoms with van der Waals surface area (Å²) in [5, 5.41) is 2.92. The van der Waals surface area contributed by atoms with Gasteiger partial charge < -0.3 is 14.6 Å². The molecule has 1 amide bonds. The molecular weight excluding hydrogens is 439 g/mol. The molecule has 9 heteroatoms. The van der Waals surface area contributed by atoms with E-state index in [-0.39, 0.29) is 17.4 Å². The number of amides is 1. The van der Waals surface area contributed by atoms with Crippen molar-refractivity contribution in [2.24, 2.45) is 0 Å². The first-order chi connectivity index (χ1) is 15.4. The standard InChI is InChI=1S/C24H31BN2O5S/c1-23(2)24(3,4)32-25(31-23)20-9-11-21(12-10-20)26-22(28)19-7-5-18(6-8-19)17-27-13-15-33(29,30)16-14-27/h5-12H,13-17H2,1-4H3,(H,26,28). The Morgan fingerprint density at radius 1 is 0.939 bits per heavy atom. The number of hydrogen-bond donors (Lipinski definition) is 1. The third-order valence-corrected chi connectivity index (χ3v) is 8.36. The van der Waals surface area contributed by atoms with E-state index in [9.17, 15) is 13.2 Å². The van der Waals surface area contributed by atoms with E-state index < -0.39 is 28.2 Å². The summed E-state index contributed by atoms with van der Waals surface area (Å²) in [5.41, 5.74) is 2.41. The maximum Gasteiger partial charge on any atom is 0.494 e. The van der Waals surface area contributed by atoms with Gasteiger partial charge in [-0.15, -0.1) is 0 Å². The lowest BCUT2D eigenvalue weighted by Gasteiger charge is -2.32. The molecule has 0 atom stereocenters. The average molecular weight is 470 g/mol. The lowest BCUT2D eigenvalue weighted by atomic mass is 9.79. The fourth-order valence-corrected chi connectivity index (χ4v) is 5.11. The van der Waals surface area contributed by atoms with Crippen molar-refractivity contribution >= 4 is 34.0 Å². The molecule has 176 valence electrons. The molecule has 4 rings (SSSR count). The van der Waals surface area contributed by atoms with Gasteiger partial charge >= 0.3 is 7.12 Å². The van der Waals surface area contributed by atoms with Gasteiger partial charge in [-0.25, -0.2) is 8.42 Å². The minimum atomic E-state index is -2.88. The number of carbonyl (C=O) groups is 1. The van der Waals surface area contributed by atoms with Crippen molar-refractivity contribution in [2.75, 3.05) is 29.9 Å². The quantitative estimate of drug-likeness (QED) is 0.676. The lowest BCUT2D eigenvalue weighted by Crippen LogP contribution is -2.41. The number of nitrogens with one attached hydrogen (secondary N) is 1. The molecule has 0 bridgehead atoms. The molecule has 2 aliphatic rings. The number of hydrogen-bond acceptors (Lipinski definition) is 6. The van der Waals surface area contributed by atoms with Crippen LogP contribution < -0.4 is 10.8 Å². The van der Waals surface area contributed by atoms with Crippen molar-refractivity contribution < 1.29 is 22.5 Å². The molecular formula is C24H31BN2O5S. The van der Waals surface area contributed by atoms with Crippen molar-refractivity contribution in [1.82, 2.24) is 4.90 Å². The van der Waals surface area contributed by atoms with Crippen molar-refractivity contribution in [2.45, 2.75) is 45.4 Å². The maximum atomic E-state index is 12.7. The topological polar surface area (TPSA) is 84.9 Å². The van der Waals surface area contributed by atoms with Crippen LogP contribution >= 0.6 is 0 Å². The summed E-state index contributed by atoms with van der Waals surface area (Å²) in [4.78, 5) is 14.8. The van der Waals surface area contributed by atoms with Crippen LogP contribution in [0.4, 0.5) is 5.69 Å². The van der Waals surface area contributed by atoms with Crippen LogP contribution in [0.15, 0.2) is 48.5 Å². The van der Waals surface area contributed by atoms with Crippen LogP contribution in [0.25, 0.3) is 0 Å². The second-order valence-electron chi connectivity index (χ2n) is 9.79. The third-order valence-electron chi connectivity index (χ3n) is 6.75. The normalized spacial score (nSPS) is 21.6. The summed E-state index contributed by atoms with van der Waals surface area (Å²) in [7, 11) is -3.32. The van der Waals surface area contributed by atoms with E-state index in [2.05, 4.69) is 10.2 Å². The van der Waals surface area contributed by atoms with Crippen LogP contribution in [0.5, 0.6) is 0 Å². The molecule has 2 fully saturated rings. The van der Waals surface area contributed by atoms with Gasteiger partial charge in [-0.3, -0.25) is 9.69 Å². The van der Waals surface area contributed by atoms with Crippen molar-refractivity contribution in [1.29, 1.82) is 0 Å². The first-order valence-electron chi connectivity index (χ1n) is 11.2. The zero-order valence-electron chi connectivity index (χ0n) is 19.6. The molecule has 1 N–H and O–H groups in total. The highest BCUT2D eigenvalue weighted by molar-refractivity contribution is 7.91. The predicted molar refractivity (Wildman–Crippen MR) is 130 cm³/mol. The zero-order valence-corrected chi connectivity index (χ0v) is 20.4. The van der Waals surface area contributed by atoms with Crippen LogP contribution in [-0.4, -0.2) is 62.1 Å². The van der Waals surface area contributed by atoms with E-state index in [0.717, 1.165) is 11.0 Å². The van der Waals surface area contributed by atoms with Gasteiger partial charge in [-0.05, 0) is 63.0 Å². The number of anilines is 1. The Balaban J connectivity index is 1.33. The van der Waals surface area contributed by atoms with Crippen molar-refractivity contribution in [3.8, 4) is 0 Å². The summed E-state index contributed by atoms with van der Waals surface area (Å²) in [6.07, 6.45) is 0. The Bertz CT molecular complexity index is 1080. The monoisotopic (exact) mass is 470 g/mol. The van der Waals surface area contributed by atoms with Gasteiger partial charge in [0.05, 0.1) is 22.7 Å². The second-order valence-corrected chi connectivity index (χ2v) is 12.1. The van der Waals surface area contributed by atoms with E-state index >= 15 is 0 Å². The first-order valence-corrected chi connectivity index (χ1v) is 13.0. The zero-order chi connectivity index (χ0) is 23.9. The van der Waals surface area contributed by atoms with Crippen LogP contribution in [0.3, 0.4) is 0 Å². The molecule has 33 heavy (non-hydrogen) atoms. The van der Waals surface area contributed by atoms with E-state index in [1.807, 2.05) is 64.1 Å². The molecule has 0 radical (unpaired) electrons. The number of sulfone groups is 1. The molecule has 0 aliphatic carbocycles. The van der Waals surface area contributed by atoms with Crippen LogP contribution in [0, 0.1) is 0 Å². The fraction of sp³-hybridized carbons (Fsp3) is 0.458. The van der Waals surface area contributed by atoms with Gasteiger partial charge in [0, 0.05) is 30.9 Å². The molecule has 7 nitrogen and oxygen atoms in total. The van der Waals surface area contributed by atoms with E-state index in [4.69, 9.17) is 9.31 Å². The van der Waals surface area contributed by atoms with Crippen LogP contribution in [-0.2, 0) is 25.7 Å². The highest BCUT2D eigenvalue weighted by Gasteiger charge is 2.51. The SMILES string of the molecule is CC1(C)OB(c2ccc(NC(=O)c3ccc(CN4CCS(=O)(=O)CC4)cc3)cc2)OC1(C)C. The van der Waals surface area contributed by atoms with Gasteiger partial charge in [-0.1, -0.05) is 24.3 Å². The second kappa shape index (κ2) is 8.87. The molecule has 0 spiro atoms. The summed E-state index contributed by atoms with van der Waals surface area (Å²) < 4.78 is 35.3. The third kappa shape index (κ3) is 5.49. The Kier molecular flexibility index (Phi) is 6.44. The Hall–Kier alpha value is -2.20. The van der Waals surface area contributed by atoms with Crippen molar-refractivity contribution in [3.05, 3.63) is 59.7 Å². The maximum absolute atomic E-state index is 12.7. The van der Waals surface area contributed by atoms with Gasteiger partial charge in [0.2, 0.25) is 0 Å². The molecule has 2 aromatic rings. The number of rotatable bonds is 5. The van der Waals surface area contributed by atoms with Crippen molar-refractivity contribution in [3.63, 3.8) is 0 Å². The predicted octanol–water partition coefficient (Wildman–Crippen LogP) is 2.47. The minimum Gasteiger partial charge on any atom is -0.399 e. The highest BCUT2D eigenvalue weighted by Crippen LogP contribution is 2.36. The summed E-state index contributed by atoms with van der Waals surface area (Å²) in [6.45, 7) is 9.85. The van der Waals surface area contributed by atoms with Crippen LogP contribution in [0.1, 0.15) is 43.6 Å².